The predicted octanol–water partition coefficient (Wildman–Crippen LogP) is 2.37. The second-order valence-corrected chi connectivity index (χ2v) is 4.31. The monoisotopic (exact) mass is 335 g/mol. The standard InChI is InChI=1S/C14H13F4NO4/c1-8(20)23-7-12(19-6-13(21)22-2)9-3-4-11(15)10(5-9)14(16,17)18/h3-5H,6-7H2,1-2H3. The fraction of sp³-hybridized carbons (Fsp3) is 0.357. The Bertz CT molecular complexity index is 626. The Kier molecular flexibility index (Phi) is 6.23. The summed E-state index contributed by atoms with van der Waals surface area (Å²) in [5.74, 6) is -2.86. The number of hydrogen-bond acceptors (Lipinski definition) is 5. The van der Waals surface area contributed by atoms with Crippen molar-refractivity contribution >= 4 is 17.7 Å². The zero-order valence-electron chi connectivity index (χ0n) is 12.2. The summed E-state index contributed by atoms with van der Waals surface area (Å²) < 4.78 is 60.5. The number of hydrogen-bond donors (Lipinski definition) is 0. The first kappa shape index (κ1) is 18.6. The van der Waals surface area contributed by atoms with Crippen LogP contribution in [-0.4, -0.2) is 37.9 Å². The minimum atomic E-state index is -4.89. The zero-order chi connectivity index (χ0) is 17.6. The Balaban J connectivity index is 3.20. The van der Waals surface area contributed by atoms with Gasteiger partial charge in [0, 0.05) is 6.92 Å². The molecule has 0 saturated carbocycles. The molecule has 0 aliphatic carbocycles. The van der Waals surface area contributed by atoms with Crippen LogP contribution in [0.4, 0.5) is 17.6 Å². The van der Waals surface area contributed by atoms with Gasteiger partial charge in [-0.1, -0.05) is 6.07 Å². The van der Waals surface area contributed by atoms with E-state index in [1.807, 2.05) is 0 Å². The van der Waals surface area contributed by atoms with Crippen LogP contribution < -0.4 is 0 Å². The van der Waals surface area contributed by atoms with E-state index in [1.54, 1.807) is 0 Å². The maximum Gasteiger partial charge on any atom is 0.419 e. The summed E-state index contributed by atoms with van der Waals surface area (Å²) in [6.07, 6.45) is -4.89. The van der Waals surface area contributed by atoms with Crippen LogP contribution in [0.3, 0.4) is 0 Å². The Morgan fingerprint density at radius 2 is 1.91 bits per heavy atom. The van der Waals surface area contributed by atoms with Crippen molar-refractivity contribution in [1.29, 1.82) is 0 Å². The lowest BCUT2D eigenvalue weighted by Gasteiger charge is -2.12. The van der Waals surface area contributed by atoms with E-state index in [-0.39, 0.29) is 11.3 Å². The molecule has 0 heterocycles. The van der Waals surface area contributed by atoms with Crippen molar-refractivity contribution in [2.75, 3.05) is 20.3 Å². The highest BCUT2D eigenvalue weighted by Crippen LogP contribution is 2.32. The third-order valence-corrected chi connectivity index (χ3v) is 2.64. The molecule has 0 aliphatic rings. The summed E-state index contributed by atoms with van der Waals surface area (Å²) in [5.41, 5.74) is -1.72. The molecule has 5 nitrogen and oxygen atoms in total. The fourth-order valence-corrected chi connectivity index (χ4v) is 1.54. The molecular formula is C14H13F4NO4. The van der Waals surface area contributed by atoms with E-state index in [2.05, 4.69) is 14.5 Å². The molecule has 1 aromatic carbocycles. The topological polar surface area (TPSA) is 65.0 Å². The third-order valence-electron chi connectivity index (χ3n) is 2.64. The predicted molar refractivity (Wildman–Crippen MR) is 71.5 cm³/mol. The number of aliphatic imine (C=N–C) groups is 1. The molecule has 126 valence electrons. The van der Waals surface area contributed by atoms with Crippen LogP contribution in [0.1, 0.15) is 18.1 Å². The number of carbonyl (C=O) groups is 2. The van der Waals surface area contributed by atoms with E-state index in [1.165, 1.54) is 0 Å². The van der Waals surface area contributed by atoms with Crippen LogP contribution in [0.2, 0.25) is 0 Å². The number of ether oxygens (including phenoxy) is 2. The number of esters is 2. The van der Waals surface area contributed by atoms with Crippen molar-refractivity contribution in [3.05, 3.63) is 35.1 Å². The minimum absolute atomic E-state index is 0.115. The average Bonchev–Trinajstić information content (AvgIpc) is 2.46. The van der Waals surface area contributed by atoms with Gasteiger partial charge in [0.25, 0.3) is 0 Å². The van der Waals surface area contributed by atoms with Crippen LogP contribution in [0.25, 0.3) is 0 Å². The van der Waals surface area contributed by atoms with E-state index in [9.17, 15) is 27.2 Å². The number of alkyl halides is 3. The van der Waals surface area contributed by atoms with E-state index >= 15 is 0 Å². The molecule has 1 rings (SSSR count). The number of halogens is 4. The van der Waals surface area contributed by atoms with E-state index < -0.39 is 42.6 Å². The van der Waals surface area contributed by atoms with E-state index in [0.29, 0.717) is 12.1 Å². The molecule has 1 aromatic rings. The van der Waals surface area contributed by atoms with Gasteiger partial charge in [-0.15, -0.1) is 0 Å². The molecule has 0 N–H and O–H groups in total. The summed E-state index contributed by atoms with van der Waals surface area (Å²) in [6.45, 7) is 0.158. The van der Waals surface area contributed by atoms with Gasteiger partial charge >= 0.3 is 18.1 Å². The van der Waals surface area contributed by atoms with Crippen molar-refractivity contribution < 1.29 is 36.6 Å². The zero-order valence-corrected chi connectivity index (χ0v) is 12.2. The van der Waals surface area contributed by atoms with Crippen molar-refractivity contribution in [2.24, 2.45) is 4.99 Å². The summed E-state index contributed by atoms with van der Waals surface area (Å²) in [7, 11) is 1.11. The molecule has 23 heavy (non-hydrogen) atoms. The maximum absolute atomic E-state index is 13.3. The largest absolute Gasteiger partial charge is 0.468 e. The number of rotatable bonds is 5. The number of methoxy groups -OCH3 is 1. The van der Waals surface area contributed by atoms with Crippen molar-refractivity contribution in [2.45, 2.75) is 13.1 Å². The van der Waals surface area contributed by atoms with Crippen LogP contribution in [0.15, 0.2) is 23.2 Å². The molecule has 0 aliphatic heterocycles. The van der Waals surface area contributed by atoms with Crippen LogP contribution in [0, 0.1) is 5.82 Å². The number of carbonyl (C=O) groups excluding carboxylic acids is 2. The number of benzene rings is 1. The van der Waals surface area contributed by atoms with Crippen molar-refractivity contribution in [3.63, 3.8) is 0 Å². The SMILES string of the molecule is COC(=O)CN=C(COC(C)=O)c1ccc(F)c(C(F)(F)F)c1. The number of nitrogens with zero attached hydrogens (tertiary/aromatic N) is 1. The molecule has 0 radical (unpaired) electrons. The van der Waals surface area contributed by atoms with Gasteiger partial charge in [0.05, 0.1) is 18.4 Å². The van der Waals surface area contributed by atoms with Gasteiger partial charge < -0.3 is 9.47 Å². The minimum Gasteiger partial charge on any atom is -0.468 e. The lowest BCUT2D eigenvalue weighted by molar-refractivity contribution is -0.140. The van der Waals surface area contributed by atoms with Gasteiger partial charge in [-0.25, -0.2) is 4.39 Å². The summed E-state index contributed by atoms with van der Waals surface area (Å²) in [4.78, 5) is 25.7. The Hall–Kier alpha value is -2.45. The second-order valence-electron chi connectivity index (χ2n) is 4.31. The first-order chi connectivity index (χ1) is 10.6. The van der Waals surface area contributed by atoms with Gasteiger partial charge in [0.1, 0.15) is 19.0 Å². The fourth-order valence-electron chi connectivity index (χ4n) is 1.54. The average molecular weight is 335 g/mol. The summed E-state index contributed by atoms with van der Waals surface area (Å²) >= 11 is 0. The highest BCUT2D eigenvalue weighted by molar-refractivity contribution is 6.03. The second kappa shape index (κ2) is 7.70. The molecule has 9 heteroatoms. The van der Waals surface area contributed by atoms with Crippen molar-refractivity contribution in [3.8, 4) is 0 Å². The molecule has 0 saturated heterocycles. The normalized spacial score (nSPS) is 12.0. The third kappa shape index (κ3) is 5.68. The van der Waals surface area contributed by atoms with Gasteiger partial charge in [-0.3, -0.25) is 14.6 Å². The molecule has 0 aromatic heterocycles. The van der Waals surface area contributed by atoms with Gasteiger partial charge in [0.15, 0.2) is 0 Å². The summed E-state index contributed by atoms with van der Waals surface area (Å²) in [6, 6.07) is 2.21. The van der Waals surface area contributed by atoms with Gasteiger partial charge in [-0.2, -0.15) is 13.2 Å². The molecule has 0 spiro atoms. The Labute approximate surface area is 128 Å². The lowest BCUT2D eigenvalue weighted by Crippen LogP contribution is -2.17. The molecule has 0 bridgehead atoms. The van der Waals surface area contributed by atoms with E-state index in [0.717, 1.165) is 20.1 Å². The summed E-state index contributed by atoms with van der Waals surface area (Å²) in [5, 5.41) is 0. The molecular weight excluding hydrogens is 322 g/mol. The Morgan fingerprint density at radius 1 is 1.26 bits per heavy atom. The first-order valence-electron chi connectivity index (χ1n) is 6.25. The first-order valence-corrected chi connectivity index (χ1v) is 6.25. The van der Waals surface area contributed by atoms with Gasteiger partial charge in [-0.05, 0) is 17.7 Å². The molecule has 0 amide bonds. The molecule has 0 unspecified atom stereocenters. The smallest absolute Gasteiger partial charge is 0.419 e. The lowest BCUT2D eigenvalue weighted by atomic mass is 10.1. The highest BCUT2D eigenvalue weighted by atomic mass is 19.4. The van der Waals surface area contributed by atoms with Crippen LogP contribution in [-0.2, 0) is 25.2 Å². The van der Waals surface area contributed by atoms with E-state index in [4.69, 9.17) is 0 Å². The van der Waals surface area contributed by atoms with Crippen LogP contribution >= 0.6 is 0 Å². The molecule has 0 fully saturated rings. The Morgan fingerprint density at radius 3 is 2.43 bits per heavy atom. The highest BCUT2D eigenvalue weighted by Gasteiger charge is 2.34. The van der Waals surface area contributed by atoms with Crippen molar-refractivity contribution in [1.82, 2.24) is 0 Å². The molecule has 0 atom stereocenters. The quantitative estimate of drug-likeness (QED) is 0.471. The maximum atomic E-state index is 13.3. The van der Waals surface area contributed by atoms with Crippen LogP contribution in [0.5, 0.6) is 0 Å². The van der Waals surface area contributed by atoms with Gasteiger partial charge in [0.2, 0.25) is 0 Å².